The van der Waals surface area contributed by atoms with E-state index in [0.29, 0.717) is 11.1 Å². The van der Waals surface area contributed by atoms with Gasteiger partial charge in [0.25, 0.3) is 0 Å². The van der Waals surface area contributed by atoms with Crippen LogP contribution in [0.3, 0.4) is 0 Å². The standard InChI is InChI=1S/C21H20N2O4/c1-13-3-7-15(8-4-13)19(25)20(16-9-5-14(2)6-10-16)27-21(26)17-11-12-18(24)23-22-17/h3-10,20H,11-12H2,1-2H3,(H,23,24). The minimum absolute atomic E-state index is 0.100. The molecule has 0 radical (unpaired) electrons. The number of Topliss-reactive ketones (excluding diaryl/α,β-unsaturated/α-hetero) is 1. The summed E-state index contributed by atoms with van der Waals surface area (Å²) in [6, 6.07) is 14.3. The third kappa shape index (κ3) is 4.47. The lowest BCUT2D eigenvalue weighted by atomic mass is 9.98. The van der Waals surface area contributed by atoms with E-state index in [1.165, 1.54) is 0 Å². The molecule has 0 fully saturated rings. The summed E-state index contributed by atoms with van der Waals surface area (Å²) in [6.45, 7) is 3.87. The van der Waals surface area contributed by atoms with E-state index in [4.69, 9.17) is 4.74 Å². The van der Waals surface area contributed by atoms with Crippen molar-refractivity contribution >= 4 is 23.4 Å². The molecule has 1 N–H and O–H groups in total. The maximum atomic E-state index is 13.0. The van der Waals surface area contributed by atoms with Gasteiger partial charge >= 0.3 is 5.97 Å². The lowest BCUT2D eigenvalue weighted by Crippen LogP contribution is -2.32. The van der Waals surface area contributed by atoms with Crippen LogP contribution in [0.1, 0.15) is 46.0 Å². The highest BCUT2D eigenvalue weighted by molar-refractivity contribution is 6.37. The number of hydrogen-bond donors (Lipinski definition) is 1. The molecular formula is C21H20N2O4. The Bertz CT molecular complexity index is 899. The van der Waals surface area contributed by atoms with Crippen molar-refractivity contribution in [2.24, 2.45) is 5.10 Å². The van der Waals surface area contributed by atoms with Crippen LogP contribution in [0.4, 0.5) is 0 Å². The van der Waals surface area contributed by atoms with Crippen LogP contribution in [-0.2, 0) is 14.3 Å². The molecule has 1 unspecified atom stereocenters. The molecule has 6 heteroatoms. The molecule has 1 amide bonds. The molecule has 0 bridgehead atoms. The number of rotatable bonds is 5. The predicted molar refractivity (Wildman–Crippen MR) is 100 cm³/mol. The highest BCUT2D eigenvalue weighted by Gasteiger charge is 2.29. The summed E-state index contributed by atoms with van der Waals surface area (Å²) in [7, 11) is 0. The lowest BCUT2D eigenvalue weighted by molar-refractivity contribution is -0.139. The molecule has 1 atom stereocenters. The van der Waals surface area contributed by atoms with Gasteiger partial charge in [-0.2, -0.15) is 5.10 Å². The number of carbonyl (C=O) groups excluding carboxylic acids is 3. The zero-order valence-corrected chi connectivity index (χ0v) is 15.2. The highest BCUT2D eigenvalue weighted by Crippen LogP contribution is 2.24. The number of amides is 1. The Hall–Kier alpha value is -3.28. The topological polar surface area (TPSA) is 84.8 Å². The lowest BCUT2D eigenvalue weighted by Gasteiger charge is -2.19. The quantitative estimate of drug-likeness (QED) is 0.653. The Labute approximate surface area is 157 Å². The Morgan fingerprint density at radius 1 is 0.963 bits per heavy atom. The van der Waals surface area contributed by atoms with Crippen LogP contribution >= 0.6 is 0 Å². The van der Waals surface area contributed by atoms with Gasteiger partial charge in [0, 0.05) is 24.0 Å². The van der Waals surface area contributed by atoms with Crippen molar-refractivity contribution in [3.05, 3.63) is 70.8 Å². The largest absolute Gasteiger partial charge is 0.444 e. The second-order valence-electron chi connectivity index (χ2n) is 6.52. The molecule has 6 nitrogen and oxygen atoms in total. The number of aryl methyl sites for hydroxylation is 2. The van der Waals surface area contributed by atoms with Crippen molar-refractivity contribution in [1.82, 2.24) is 5.43 Å². The summed E-state index contributed by atoms with van der Waals surface area (Å²) in [5.74, 6) is -1.27. The van der Waals surface area contributed by atoms with Gasteiger partial charge < -0.3 is 4.74 Å². The Balaban J connectivity index is 1.88. The minimum atomic E-state index is -1.08. The van der Waals surface area contributed by atoms with Crippen molar-refractivity contribution in [1.29, 1.82) is 0 Å². The van der Waals surface area contributed by atoms with E-state index in [0.717, 1.165) is 11.1 Å². The minimum Gasteiger partial charge on any atom is -0.444 e. The molecular weight excluding hydrogens is 344 g/mol. The van der Waals surface area contributed by atoms with E-state index in [1.54, 1.807) is 24.3 Å². The zero-order valence-electron chi connectivity index (χ0n) is 15.2. The third-order valence-corrected chi connectivity index (χ3v) is 4.32. The average molecular weight is 364 g/mol. The number of carbonyl (C=O) groups is 3. The maximum Gasteiger partial charge on any atom is 0.355 e. The van der Waals surface area contributed by atoms with Gasteiger partial charge in [0.05, 0.1) is 0 Å². The predicted octanol–water partition coefficient (Wildman–Crippen LogP) is 3.04. The van der Waals surface area contributed by atoms with E-state index < -0.39 is 12.1 Å². The molecule has 0 spiro atoms. The average Bonchev–Trinajstić information content (AvgIpc) is 2.67. The number of nitrogens with zero attached hydrogens (tertiary/aromatic N) is 1. The van der Waals surface area contributed by atoms with Crippen LogP contribution in [0, 0.1) is 13.8 Å². The summed E-state index contributed by atoms with van der Waals surface area (Å²) in [6.07, 6.45) is -0.736. The first kappa shape index (κ1) is 18.5. The van der Waals surface area contributed by atoms with Gasteiger partial charge in [-0.1, -0.05) is 59.7 Å². The number of esters is 1. The fraction of sp³-hybridized carbons (Fsp3) is 0.238. The van der Waals surface area contributed by atoms with Crippen LogP contribution in [0.2, 0.25) is 0 Å². The van der Waals surface area contributed by atoms with Gasteiger partial charge in [0.2, 0.25) is 11.7 Å². The summed E-state index contributed by atoms with van der Waals surface area (Å²) in [5.41, 5.74) is 5.47. The van der Waals surface area contributed by atoms with Crippen molar-refractivity contribution in [3.63, 3.8) is 0 Å². The van der Waals surface area contributed by atoms with E-state index in [1.807, 2.05) is 38.1 Å². The molecule has 1 heterocycles. The van der Waals surface area contributed by atoms with Crippen molar-refractivity contribution in [2.75, 3.05) is 0 Å². The first-order chi connectivity index (χ1) is 12.9. The van der Waals surface area contributed by atoms with Gasteiger partial charge in [0.1, 0.15) is 5.71 Å². The Morgan fingerprint density at radius 2 is 1.56 bits per heavy atom. The van der Waals surface area contributed by atoms with Gasteiger partial charge in [-0.25, -0.2) is 10.2 Å². The first-order valence-corrected chi connectivity index (χ1v) is 8.68. The van der Waals surface area contributed by atoms with E-state index in [2.05, 4.69) is 10.5 Å². The Morgan fingerprint density at radius 3 is 2.11 bits per heavy atom. The van der Waals surface area contributed by atoms with Gasteiger partial charge in [-0.3, -0.25) is 9.59 Å². The molecule has 27 heavy (non-hydrogen) atoms. The Kier molecular flexibility index (Phi) is 5.45. The number of ketones is 1. The van der Waals surface area contributed by atoms with Crippen molar-refractivity contribution in [3.8, 4) is 0 Å². The number of ether oxygens (including phenoxy) is 1. The molecule has 0 aliphatic carbocycles. The molecule has 0 saturated carbocycles. The van der Waals surface area contributed by atoms with Crippen LogP contribution in [0.15, 0.2) is 53.6 Å². The van der Waals surface area contributed by atoms with Crippen LogP contribution in [-0.4, -0.2) is 23.4 Å². The SMILES string of the molecule is Cc1ccc(C(=O)C(OC(=O)C2=NNC(=O)CC2)c2ccc(C)cc2)cc1. The van der Waals surface area contributed by atoms with Gasteiger partial charge in [-0.15, -0.1) is 0 Å². The van der Waals surface area contributed by atoms with E-state index in [-0.39, 0.29) is 30.2 Å². The molecule has 0 aromatic heterocycles. The van der Waals surface area contributed by atoms with E-state index in [9.17, 15) is 14.4 Å². The molecule has 2 aromatic carbocycles. The van der Waals surface area contributed by atoms with Crippen LogP contribution in [0.25, 0.3) is 0 Å². The summed E-state index contributed by atoms with van der Waals surface area (Å²) in [5, 5.41) is 3.75. The van der Waals surface area contributed by atoms with Gasteiger partial charge in [-0.05, 0) is 13.8 Å². The highest BCUT2D eigenvalue weighted by atomic mass is 16.5. The molecule has 1 aliphatic heterocycles. The fourth-order valence-corrected chi connectivity index (χ4v) is 2.68. The normalized spacial score (nSPS) is 14.7. The number of benzene rings is 2. The summed E-state index contributed by atoms with van der Waals surface area (Å²) >= 11 is 0. The molecule has 2 aromatic rings. The van der Waals surface area contributed by atoms with E-state index >= 15 is 0 Å². The third-order valence-electron chi connectivity index (χ3n) is 4.32. The zero-order chi connectivity index (χ0) is 19.4. The number of hydrazone groups is 1. The number of nitrogens with one attached hydrogen (secondary N) is 1. The smallest absolute Gasteiger partial charge is 0.355 e. The van der Waals surface area contributed by atoms with Crippen molar-refractivity contribution in [2.45, 2.75) is 32.8 Å². The second kappa shape index (κ2) is 7.95. The summed E-state index contributed by atoms with van der Waals surface area (Å²) < 4.78 is 5.53. The summed E-state index contributed by atoms with van der Waals surface area (Å²) in [4.78, 5) is 36.7. The monoisotopic (exact) mass is 364 g/mol. The van der Waals surface area contributed by atoms with Gasteiger partial charge in [0.15, 0.2) is 6.10 Å². The first-order valence-electron chi connectivity index (χ1n) is 8.68. The molecule has 3 rings (SSSR count). The van der Waals surface area contributed by atoms with Crippen molar-refractivity contribution < 1.29 is 19.1 Å². The fourth-order valence-electron chi connectivity index (χ4n) is 2.68. The molecule has 0 saturated heterocycles. The second-order valence-corrected chi connectivity index (χ2v) is 6.52. The van der Waals surface area contributed by atoms with Crippen LogP contribution in [0.5, 0.6) is 0 Å². The number of hydrogen-bond acceptors (Lipinski definition) is 5. The molecule has 1 aliphatic rings. The molecule has 138 valence electrons. The maximum absolute atomic E-state index is 13.0. The van der Waals surface area contributed by atoms with Crippen LogP contribution < -0.4 is 5.43 Å².